The highest BCUT2D eigenvalue weighted by Crippen LogP contribution is 2.38. The molecule has 6 nitrogen and oxygen atoms in total. The largest absolute Gasteiger partial charge is 0.354 e. The Morgan fingerprint density at radius 3 is 2.87 bits per heavy atom. The Kier molecular flexibility index (Phi) is 5.02. The lowest BCUT2D eigenvalue weighted by Crippen LogP contribution is -2.31. The molecule has 1 aliphatic carbocycles. The van der Waals surface area contributed by atoms with Gasteiger partial charge in [-0.1, -0.05) is 35.5 Å². The average Bonchev–Trinajstić information content (AvgIpc) is 3.33. The third-order valence-electron chi connectivity index (χ3n) is 3.97. The number of carbonyl (C=O) groups is 1. The van der Waals surface area contributed by atoms with Gasteiger partial charge in [-0.25, -0.2) is 0 Å². The van der Waals surface area contributed by atoms with E-state index in [2.05, 4.69) is 15.5 Å². The van der Waals surface area contributed by atoms with E-state index in [1.54, 1.807) is 0 Å². The summed E-state index contributed by atoms with van der Waals surface area (Å²) >= 11 is 0. The number of nitrogens with zero attached hydrogens (tertiary/aromatic N) is 2. The van der Waals surface area contributed by atoms with Crippen molar-refractivity contribution in [3.8, 4) is 0 Å². The molecule has 1 unspecified atom stereocenters. The molecule has 1 saturated carbocycles. The van der Waals surface area contributed by atoms with E-state index in [0.717, 1.165) is 24.2 Å². The maximum Gasteiger partial charge on any atom is 0.226 e. The second-order valence-corrected chi connectivity index (χ2v) is 6.00. The van der Waals surface area contributed by atoms with Gasteiger partial charge in [0.25, 0.3) is 0 Å². The van der Waals surface area contributed by atoms with Crippen molar-refractivity contribution in [1.29, 1.82) is 0 Å². The number of aryl methyl sites for hydroxylation is 1. The molecule has 1 heterocycles. The fourth-order valence-electron chi connectivity index (χ4n) is 2.41. The number of carbonyl (C=O) groups excluding carboxylic acids is 1. The minimum Gasteiger partial charge on any atom is -0.354 e. The maximum atomic E-state index is 11.9. The maximum absolute atomic E-state index is 11.9. The van der Waals surface area contributed by atoms with Crippen LogP contribution in [0.5, 0.6) is 0 Å². The Bertz CT molecular complexity index is 637. The third kappa shape index (κ3) is 4.63. The van der Waals surface area contributed by atoms with Crippen molar-refractivity contribution in [2.75, 3.05) is 6.54 Å². The molecule has 0 saturated heterocycles. The molecule has 0 aliphatic heterocycles. The van der Waals surface area contributed by atoms with Gasteiger partial charge in [-0.05, 0) is 24.8 Å². The number of aromatic nitrogens is 2. The van der Waals surface area contributed by atoms with Crippen molar-refractivity contribution in [3.63, 3.8) is 0 Å². The van der Waals surface area contributed by atoms with Crippen molar-refractivity contribution < 1.29 is 9.32 Å². The van der Waals surface area contributed by atoms with E-state index in [9.17, 15) is 4.79 Å². The first-order valence-electron chi connectivity index (χ1n) is 8.12. The Balaban J connectivity index is 1.34. The molecule has 0 spiro atoms. The fourth-order valence-corrected chi connectivity index (χ4v) is 2.41. The molecule has 1 fully saturated rings. The minimum absolute atomic E-state index is 0.00156. The number of nitrogens with two attached hydrogens (primary N) is 1. The average molecular weight is 314 g/mol. The topological polar surface area (TPSA) is 94.0 Å². The lowest BCUT2D eigenvalue weighted by molar-refractivity contribution is -0.121. The molecule has 3 N–H and O–H groups in total. The standard InChI is InChI=1S/C17H22N4O2/c18-14(12-5-2-1-3-6-12)11-19-15(22)7-4-8-16-20-17(21-23-16)13-9-10-13/h1-3,5-6,13-14H,4,7-11,18H2,(H,19,22). The molecule has 1 aromatic carbocycles. The molecular weight excluding hydrogens is 292 g/mol. The van der Waals surface area contributed by atoms with Gasteiger partial charge in [0.1, 0.15) is 0 Å². The van der Waals surface area contributed by atoms with Crippen LogP contribution in [0.3, 0.4) is 0 Å². The first kappa shape index (κ1) is 15.7. The summed E-state index contributed by atoms with van der Waals surface area (Å²) in [4.78, 5) is 16.2. The predicted molar refractivity (Wildman–Crippen MR) is 85.6 cm³/mol. The van der Waals surface area contributed by atoms with Crippen LogP contribution < -0.4 is 11.1 Å². The molecule has 23 heavy (non-hydrogen) atoms. The van der Waals surface area contributed by atoms with E-state index in [-0.39, 0.29) is 11.9 Å². The van der Waals surface area contributed by atoms with Crippen molar-refractivity contribution in [2.45, 2.75) is 44.1 Å². The quantitative estimate of drug-likeness (QED) is 0.778. The van der Waals surface area contributed by atoms with Crippen LogP contribution in [0.2, 0.25) is 0 Å². The zero-order valence-electron chi connectivity index (χ0n) is 13.1. The van der Waals surface area contributed by atoms with Crippen LogP contribution in [0, 0.1) is 0 Å². The smallest absolute Gasteiger partial charge is 0.226 e. The van der Waals surface area contributed by atoms with Crippen LogP contribution in [0.4, 0.5) is 0 Å². The van der Waals surface area contributed by atoms with E-state index in [1.807, 2.05) is 30.3 Å². The first-order valence-corrected chi connectivity index (χ1v) is 8.12. The van der Waals surface area contributed by atoms with Gasteiger partial charge in [-0.3, -0.25) is 4.79 Å². The van der Waals surface area contributed by atoms with Gasteiger partial charge in [-0.2, -0.15) is 4.98 Å². The fraction of sp³-hybridized carbons (Fsp3) is 0.471. The zero-order valence-corrected chi connectivity index (χ0v) is 13.1. The highest BCUT2D eigenvalue weighted by atomic mass is 16.5. The third-order valence-corrected chi connectivity index (χ3v) is 3.97. The molecule has 2 aromatic rings. The predicted octanol–water partition coefficient (Wildman–Crippen LogP) is 2.09. The van der Waals surface area contributed by atoms with Gasteiger partial charge < -0.3 is 15.6 Å². The summed E-state index contributed by atoms with van der Waals surface area (Å²) in [6.45, 7) is 0.440. The summed E-state index contributed by atoms with van der Waals surface area (Å²) in [7, 11) is 0. The first-order chi connectivity index (χ1) is 11.2. The number of amides is 1. The summed E-state index contributed by atoms with van der Waals surface area (Å²) in [5, 5.41) is 6.84. The molecule has 1 atom stereocenters. The van der Waals surface area contributed by atoms with Gasteiger partial charge in [0.15, 0.2) is 5.82 Å². The molecule has 1 aliphatic rings. The molecule has 0 bridgehead atoms. The molecule has 6 heteroatoms. The van der Waals surface area contributed by atoms with Gasteiger partial charge in [0, 0.05) is 31.3 Å². The lowest BCUT2D eigenvalue weighted by atomic mass is 10.1. The lowest BCUT2D eigenvalue weighted by Gasteiger charge is -2.12. The minimum atomic E-state index is -0.183. The summed E-state index contributed by atoms with van der Waals surface area (Å²) < 4.78 is 5.19. The molecular formula is C17H22N4O2. The van der Waals surface area contributed by atoms with Gasteiger partial charge >= 0.3 is 0 Å². The normalized spacial score (nSPS) is 15.3. The SMILES string of the molecule is NC(CNC(=O)CCCc1nc(C2CC2)no1)c1ccccc1. The van der Waals surface area contributed by atoms with E-state index < -0.39 is 0 Å². The van der Waals surface area contributed by atoms with E-state index in [1.165, 1.54) is 0 Å². The van der Waals surface area contributed by atoms with Crippen LogP contribution in [-0.2, 0) is 11.2 Å². The summed E-state index contributed by atoms with van der Waals surface area (Å²) in [6, 6.07) is 9.57. The molecule has 1 aromatic heterocycles. The second-order valence-electron chi connectivity index (χ2n) is 6.00. The molecule has 0 radical (unpaired) electrons. The van der Waals surface area contributed by atoms with Gasteiger partial charge in [-0.15, -0.1) is 0 Å². The van der Waals surface area contributed by atoms with Crippen LogP contribution in [0.15, 0.2) is 34.9 Å². The monoisotopic (exact) mass is 314 g/mol. The molecule has 1 amide bonds. The van der Waals surface area contributed by atoms with Crippen LogP contribution in [0.1, 0.15) is 54.9 Å². The van der Waals surface area contributed by atoms with Crippen LogP contribution in [-0.4, -0.2) is 22.6 Å². The number of nitrogens with one attached hydrogen (secondary N) is 1. The Morgan fingerprint density at radius 1 is 1.35 bits per heavy atom. The van der Waals surface area contributed by atoms with E-state index in [0.29, 0.717) is 37.6 Å². The second kappa shape index (κ2) is 7.37. The number of rotatable bonds is 8. The molecule has 122 valence electrons. The zero-order chi connectivity index (χ0) is 16.1. The summed E-state index contributed by atoms with van der Waals surface area (Å²) in [5.74, 6) is 1.94. The van der Waals surface area contributed by atoms with Crippen LogP contribution in [0.25, 0.3) is 0 Å². The van der Waals surface area contributed by atoms with Crippen molar-refractivity contribution >= 4 is 5.91 Å². The van der Waals surface area contributed by atoms with Crippen molar-refractivity contribution in [2.24, 2.45) is 5.73 Å². The molecule has 3 rings (SSSR count). The van der Waals surface area contributed by atoms with Crippen molar-refractivity contribution in [3.05, 3.63) is 47.6 Å². The summed E-state index contributed by atoms with van der Waals surface area (Å²) in [6.07, 6.45) is 4.07. The van der Waals surface area contributed by atoms with E-state index in [4.69, 9.17) is 10.3 Å². The Hall–Kier alpha value is -2.21. The van der Waals surface area contributed by atoms with Crippen LogP contribution >= 0.6 is 0 Å². The summed E-state index contributed by atoms with van der Waals surface area (Å²) in [5.41, 5.74) is 7.07. The van der Waals surface area contributed by atoms with Gasteiger partial charge in [0.2, 0.25) is 11.8 Å². The van der Waals surface area contributed by atoms with E-state index >= 15 is 0 Å². The van der Waals surface area contributed by atoms with Gasteiger partial charge in [0.05, 0.1) is 0 Å². The highest BCUT2D eigenvalue weighted by Gasteiger charge is 2.28. The Labute approximate surface area is 135 Å². The highest BCUT2D eigenvalue weighted by molar-refractivity contribution is 5.75. The number of hydrogen-bond acceptors (Lipinski definition) is 5. The number of benzene rings is 1. The Morgan fingerprint density at radius 2 is 2.13 bits per heavy atom. The number of hydrogen-bond donors (Lipinski definition) is 2. The van der Waals surface area contributed by atoms with Crippen molar-refractivity contribution in [1.82, 2.24) is 15.5 Å².